The first-order valence-corrected chi connectivity index (χ1v) is 10.4. The van der Waals surface area contributed by atoms with E-state index in [4.69, 9.17) is 9.15 Å². The Bertz CT molecular complexity index is 769. The number of carbonyl (C=O) groups excluding carboxylic acids is 1. The van der Waals surface area contributed by atoms with Crippen LogP contribution in [0.15, 0.2) is 33.9 Å². The van der Waals surface area contributed by atoms with Crippen molar-refractivity contribution in [1.82, 2.24) is 15.1 Å². The van der Waals surface area contributed by atoms with Gasteiger partial charge >= 0.3 is 0 Å². The molecule has 6 nitrogen and oxygen atoms in total. The third kappa shape index (κ3) is 4.83. The first kappa shape index (κ1) is 19.7. The molecule has 1 saturated heterocycles. The molecule has 1 aromatic heterocycles. The van der Waals surface area contributed by atoms with Gasteiger partial charge in [-0.1, -0.05) is 37.7 Å². The van der Waals surface area contributed by atoms with E-state index < -0.39 is 0 Å². The summed E-state index contributed by atoms with van der Waals surface area (Å²) in [5.74, 6) is 2.33. The average Bonchev–Trinajstić information content (AvgIpc) is 3.09. The lowest BCUT2D eigenvalue weighted by Gasteiger charge is -2.36. The van der Waals surface area contributed by atoms with E-state index >= 15 is 0 Å². The molecule has 1 amide bonds. The number of hydrogen-bond acceptors (Lipinski definition) is 6. The van der Waals surface area contributed by atoms with Gasteiger partial charge in [0.25, 0.3) is 11.1 Å². The lowest BCUT2D eigenvalue weighted by atomic mass is 9.92. The van der Waals surface area contributed by atoms with Gasteiger partial charge in [0.05, 0.1) is 17.4 Å². The fourth-order valence-corrected chi connectivity index (χ4v) is 4.36. The Labute approximate surface area is 164 Å². The van der Waals surface area contributed by atoms with Crippen molar-refractivity contribution in [2.24, 2.45) is 11.8 Å². The molecule has 0 saturated carbocycles. The number of amides is 1. The molecule has 1 aliphatic heterocycles. The van der Waals surface area contributed by atoms with Crippen molar-refractivity contribution in [2.75, 3.05) is 19.7 Å². The predicted octanol–water partition coefficient (Wildman–Crippen LogP) is 4.12. The molecular formula is C20H27N3O3S. The Morgan fingerprint density at radius 2 is 2.00 bits per heavy atom. The molecule has 3 unspecified atom stereocenters. The SMILES string of the molecule is CCOc1ccccc1-c1nnc(SC(C)C(=O)N2CC(C)CC(C)C2)o1. The molecule has 2 aromatic rings. The number of rotatable bonds is 6. The van der Waals surface area contributed by atoms with Gasteiger partial charge in [0, 0.05) is 13.1 Å². The smallest absolute Gasteiger partial charge is 0.277 e. The second-order valence-electron chi connectivity index (χ2n) is 7.25. The molecule has 146 valence electrons. The van der Waals surface area contributed by atoms with E-state index in [2.05, 4.69) is 24.0 Å². The molecule has 1 fully saturated rings. The molecule has 27 heavy (non-hydrogen) atoms. The number of para-hydroxylation sites is 1. The largest absolute Gasteiger partial charge is 0.493 e. The molecule has 2 heterocycles. The molecule has 0 aliphatic carbocycles. The molecule has 3 rings (SSSR count). The number of benzene rings is 1. The summed E-state index contributed by atoms with van der Waals surface area (Å²) in [6.07, 6.45) is 1.18. The van der Waals surface area contributed by atoms with Crippen molar-refractivity contribution < 1.29 is 13.9 Å². The minimum atomic E-state index is -0.266. The number of nitrogens with zero attached hydrogens (tertiary/aromatic N) is 3. The summed E-state index contributed by atoms with van der Waals surface area (Å²) >= 11 is 1.31. The van der Waals surface area contributed by atoms with Gasteiger partial charge in [-0.25, -0.2) is 0 Å². The van der Waals surface area contributed by atoms with Gasteiger partial charge in [-0.15, -0.1) is 10.2 Å². The van der Waals surface area contributed by atoms with Gasteiger partial charge in [0.2, 0.25) is 5.91 Å². The average molecular weight is 390 g/mol. The summed E-state index contributed by atoms with van der Waals surface area (Å²) in [7, 11) is 0. The summed E-state index contributed by atoms with van der Waals surface area (Å²) in [6, 6.07) is 7.57. The van der Waals surface area contributed by atoms with Crippen molar-refractivity contribution in [2.45, 2.75) is 44.6 Å². The van der Waals surface area contributed by atoms with Crippen molar-refractivity contribution in [3.63, 3.8) is 0 Å². The molecule has 7 heteroatoms. The van der Waals surface area contributed by atoms with E-state index in [0.29, 0.717) is 35.3 Å². The maximum absolute atomic E-state index is 12.8. The monoisotopic (exact) mass is 389 g/mol. The zero-order valence-corrected chi connectivity index (χ0v) is 17.2. The van der Waals surface area contributed by atoms with Gasteiger partial charge < -0.3 is 14.1 Å². The second-order valence-corrected chi connectivity index (χ2v) is 8.54. The van der Waals surface area contributed by atoms with Crippen LogP contribution in [0.2, 0.25) is 0 Å². The van der Waals surface area contributed by atoms with Crippen molar-refractivity contribution in [3.05, 3.63) is 24.3 Å². The first-order valence-electron chi connectivity index (χ1n) is 9.49. The Morgan fingerprint density at radius 1 is 1.30 bits per heavy atom. The van der Waals surface area contributed by atoms with Crippen LogP contribution in [-0.4, -0.2) is 46.0 Å². The Hall–Kier alpha value is -2.02. The number of thioether (sulfide) groups is 1. The van der Waals surface area contributed by atoms with Crippen LogP contribution >= 0.6 is 11.8 Å². The van der Waals surface area contributed by atoms with Crippen molar-refractivity contribution in [3.8, 4) is 17.2 Å². The lowest BCUT2D eigenvalue weighted by molar-refractivity contribution is -0.132. The van der Waals surface area contributed by atoms with Crippen LogP contribution in [0.25, 0.3) is 11.5 Å². The fourth-order valence-electron chi connectivity index (χ4n) is 3.59. The highest BCUT2D eigenvalue weighted by Crippen LogP contribution is 2.32. The fraction of sp³-hybridized carbons (Fsp3) is 0.550. The van der Waals surface area contributed by atoms with Crippen molar-refractivity contribution >= 4 is 17.7 Å². The molecule has 1 aliphatic rings. The molecule has 1 aromatic carbocycles. The molecular weight excluding hydrogens is 362 g/mol. The normalized spacial score (nSPS) is 21.1. The predicted molar refractivity (Wildman–Crippen MR) is 106 cm³/mol. The summed E-state index contributed by atoms with van der Waals surface area (Å²) < 4.78 is 11.4. The summed E-state index contributed by atoms with van der Waals surface area (Å²) in [6.45, 7) is 10.4. The van der Waals surface area contributed by atoms with Crippen molar-refractivity contribution in [1.29, 1.82) is 0 Å². The Balaban J connectivity index is 1.68. The standard InChI is InChI=1S/C20H27N3O3S/c1-5-25-17-9-7-6-8-16(17)18-21-22-20(26-18)27-15(4)19(24)23-11-13(2)10-14(3)12-23/h6-9,13-15H,5,10-12H2,1-4H3. The number of aromatic nitrogens is 2. The van der Waals surface area contributed by atoms with Gasteiger partial charge in [-0.05, 0) is 44.2 Å². The third-order valence-corrected chi connectivity index (χ3v) is 5.55. The van der Waals surface area contributed by atoms with E-state index in [9.17, 15) is 4.79 Å². The van der Waals surface area contributed by atoms with E-state index in [0.717, 1.165) is 18.7 Å². The lowest BCUT2D eigenvalue weighted by Crippen LogP contribution is -2.45. The highest BCUT2D eigenvalue weighted by molar-refractivity contribution is 8.00. The number of piperidine rings is 1. The summed E-state index contributed by atoms with van der Waals surface area (Å²) in [5.41, 5.74) is 0.761. The van der Waals surface area contributed by atoms with Crippen LogP contribution in [0.5, 0.6) is 5.75 Å². The molecule has 0 radical (unpaired) electrons. The second kappa shape index (κ2) is 8.78. The molecule has 0 spiro atoms. The maximum Gasteiger partial charge on any atom is 0.277 e. The first-order chi connectivity index (χ1) is 13.0. The molecule has 3 atom stereocenters. The maximum atomic E-state index is 12.8. The van der Waals surface area contributed by atoms with Gasteiger partial charge in [-0.2, -0.15) is 0 Å². The minimum Gasteiger partial charge on any atom is -0.493 e. The minimum absolute atomic E-state index is 0.132. The van der Waals surface area contributed by atoms with Gasteiger partial charge in [-0.3, -0.25) is 4.79 Å². The quantitative estimate of drug-likeness (QED) is 0.692. The number of ether oxygens (including phenoxy) is 1. The van der Waals surface area contributed by atoms with E-state index in [1.807, 2.05) is 43.0 Å². The zero-order chi connectivity index (χ0) is 19.4. The highest BCUT2D eigenvalue weighted by Gasteiger charge is 2.29. The number of likely N-dealkylation sites (tertiary alicyclic amines) is 1. The van der Waals surface area contributed by atoms with E-state index in [1.54, 1.807) is 0 Å². The van der Waals surface area contributed by atoms with Crippen LogP contribution in [0.1, 0.15) is 34.1 Å². The number of hydrogen-bond donors (Lipinski definition) is 0. The summed E-state index contributed by atoms with van der Waals surface area (Å²) in [5, 5.41) is 8.38. The van der Waals surface area contributed by atoms with E-state index in [1.165, 1.54) is 18.2 Å². The summed E-state index contributed by atoms with van der Waals surface area (Å²) in [4.78, 5) is 14.8. The Kier molecular flexibility index (Phi) is 6.42. The third-order valence-electron chi connectivity index (χ3n) is 4.63. The van der Waals surface area contributed by atoms with Gasteiger partial charge in [0.1, 0.15) is 5.75 Å². The zero-order valence-electron chi connectivity index (χ0n) is 16.3. The van der Waals surface area contributed by atoms with Crippen LogP contribution in [-0.2, 0) is 4.79 Å². The Morgan fingerprint density at radius 3 is 2.70 bits per heavy atom. The number of carbonyl (C=O) groups is 1. The van der Waals surface area contributed by atoms with Crippen LogP contribution in [0.3, 0.4) is 0 Å². The van der Waals surface area contributed by atoms with Crippen LogP contribution in [0.4, 0.5) is 0 Å². The van der Waals surface area contributed by atoms with Crippen LogP contribution in [0, 0.1) is 11.8 Å². The van der Waals surface area contributed by atoms with Crippen LogP contribution < -0.4 is 4.74 Å². The topological polar surface area (TPSA) is 68.5 Å². The van der Waals surface area contributed by atoms with E-state index in [-0.39, 0.29) is 11.2 Å². The molecule has 0 bridgehead atoms. The van der Waals surface area contributed by atoms with Gasteiger partial charge in [0.15, 0.2) is 0 Å². The highest BCUT2D eigenvalue weighted by atomic mass is 32.2. The molecule has 0 N–H and O–H groups in total.